The summed E-state index contributed by atoms with van der Waals surface area (Å²) in [6.07, 6.45) is 5.09. The summed E-state index contributed by atoms with van der Waals surface area (Å²) in [6, 6.07) is 14.5. The van der Waals surface area contributed by atoms with Crippen LogP contribution in [0.4, 0.5) is 0 Å². The third-order valence-electron chi connectivity index (χ3n) is 3.51. The summed E-state index contributed by atoms with van der Waals surface area (Å²) >= 11 is 0. The molecule has 0 radical (unpaired) electrons. The minimum atomic E-state index is 0.683. The lowest BCUT2D eigenvalue weighted by atomic mass is 10.1. The lowest BCUT2D eigenvalue weighted by molar-refractivity contribution is 0.679. The smallest absolute Gasteiger partial charge is 0.0541 e. The third kappa shape index (κ3) is 6.28. The molecule has 124 valence electrons. The molecule has 0 aliphatic carbocycles. The predicted octanol–water partition coefficient (Wildman–Crippen LogP) is 3.23. The molecule has 4 nitrogen and oxygen atoms in total. The topological polar surface area (TPSA) is 49.3 Å². The number of hydrogen-bond acceptors (Lipinski definition) is 4. The van der Waals surface area contributed by atoms with Crippen LogP contribution in [0.5, 0.6) is 0 Å². The fourth-order valence-corrected chi connectivity index (χ4v) is 2.24. The van der Waals surface area contributed by atoms with Gasteiger partial charge in [0, 0.05) is 38.6 Å². The first kappa shape index (κ1) is 17.8. The maximum Gasteiger partial charge on any atom is 0.0541 e. The van der Waals surface area contributed by atoms with Gasteiger partial charge in [0.05, 0.1) is 11.4 Å². The Morgan fingerprint density at radius 2 is 1.67 bits per heavy atom. The Kier molecular flexibility index (Phi) is 7.60. The molecule has 0 aliphatic rings. The van der Waals surface area contributed by atoms with E-state index < -0.39 is 0 Å². The van der Waals surface area contributed by atoms with Gasteiger partial charge in [0.15, 0.2) is 0 Å². The van der Waals surface area contributed by atoms with Crippen molar-refractivity contribution < 1.29 is 0 Å². The van der Waals surface area contributed by atoms with E-state index in [2.05, 4.69) is 58.0 Å². The molecule has 1 aromatic carbocycles. The van der Waals surface area contributed by atoms with Crippen molar-refractivity contribution in [1.29, 1.82) is 0 Å². The van der Waals surface area contributed by atoms with Crippen LogP contribution in [0.2, 0.25) is 0 Å². The Hall–Kier alpha value is -2.56. The molecule has 4 heteroatoms. The van der Waals surface area contributed by atoms with Crippen molar-refractivity contribution in [1.82, 2.24) is 15.6 Å². The lowest BCUT2D eigenvalue weighted by Gasteiger charge is -2.07. The number of nitrogens with one attached hydrogen (secondary N) is 2. The summed E-state index contributed by atoms with van der Waals surface area (Å²) in [5, 5.41) is 6.75. The zero-order chi connectivity index (χ0) is 17.0. The largest absolute Gasteiger partial charge is 0.307 e. The highest BCUT2D eigenvalue weighted by Gasteiger charge is 1.98. The average molecular weight is 320 g/mol. The number of pyridine rings is 1. The standard InChI is InChI=1S/C20H24N4/c1-3-19(23-4-2)15-21-13-17-8-10-18(11-9-17)14-22-16-20-7-5-6-12-24-20/h3-12,21-22H,1-2,13-16H2. The summed E-state index contributed by atoms with van der Waals surface area (Å²) < 4.78 is 0. The summed E-state index contributed by atoms with van der Waals surface area (Å²) in [7, 11) is 0. The molecule has 0 bridgehead atoms. The van der Waals surface area contributed by atoms with Crippen molar-refractivity contribution in [3.05, 3.63) is 90.9 Å². The molecule has 1 aromatic heterocycles. The second-order valence-corrected chi connectivity index (χ2v) is 5.35. The van der Waals surface area contributed by atoms with E-state index in [1.165, 1.54) is 17.3 Å². The Morgan fingerprint density at radius 1 is 0.958 bits per heavy atom. The first-order valence-electron chi connectivity index (χ1n) is 8.01. The van der Waals surface area contributed by atoms with Gasteiger partial charge in [-0.05, 0) is 29.3 Å². The van der Waals surface area contributed by atoms with Crippen LogP contribution >= 0.6 is 0 Å². The Bertz CT molecular complexity index is 660. The second-order valence-electron chi connectivity index (χ2n) is 5.35. The zero-order valence-electron chi connectivity index (χ0n) is 13.9. The first-order valence-corrected chi connectivity index (χ1v) is 8.01. The van der Waals surface area contributed by atoms with Crippen molar-refractivity contribution in [3.63, 3.8) is 0 Å². The van der Waals surface area contributed by atoms with Crippen molar-refractivity contribution in [2.24, 2.45) is 4.99 Å². The van der Waals surface area contributed by atoms with E-state index >= 15 is 0 Å². The predicted molar refractivity (Wildman–Crippen MR) is 101 cm³/mol. The second kappa shape index (κ2) is 10.3. The molecule has 2 N–H and O–H groups in total. The van der Waals surface area contributed by atoms with Crippen molar-refractivity contribution in [3.8, 4) is 0 Å². The lowest BCUT2D eigenvalue weighted by Crippen LogP contribution is -2.21. The van der Waals surface area contributed by atoms with Gasteiger partial charge in [0.1, 0.15) is 0 Å². The molecule has 0 unspecified atom stereocenters. The highest BCUT2D eigenvalue weighted by molar-refractivity contribution is 5.96. The Morgan fingerprint density at radius 3 is 2.25 bits per heavy atom. The molecule has 0 fully saturated rings. The van der Waals surface area contributed by atoms with Gasteiger partial charge < -0.3 is 10.6 Å². The van der Waals surface area contributed by atoms with Crippen molar-refractivity contribution in [2.75, 3.05) is 6.54 Å². The van der Waals surface area contributed by atoms with E-state index in [1.54, 1.807) is 6.08 Å². The van der Waals surface area contributed by atoms with Crippen LogP contribution in [-0.2, 0) is 19.6 Å². The van der Waals surface area contributed by atoms with Crippen LogP contribution < -0.4 is 10.6 Å². The molecular formula is C20H24N4. The van der Waals surface area contributed by atoms with Crippen LogP contribution in [0.15, 0.2) is 79.1 Å². The van der Waals surface area contributed by atoms with Crippen molar-refractivity contribution in [2.45, 2.75) is 19.6 Å². The fraction of sp³-hybridized carbons (Fsp3) is 0.200. The summed E-state index contributed by atoms with van der Waals surface area (Å²) in [5.41, 5.74) is 4.44. The molecule has 0 amide bonds. The minimum Gasteiger partial charge on any atom is -0.307 e. The van der Waals surface area contributed by atoms with Gasteiger partial charge >= 0.3 is 0 Å². The SMILES string of the molecule is C=CN=C(C=C)CNCc1ccc(CNCc2ccccn2)cc1. The molecule has 0 aliphatic heterocycles. The van der Waals surface area contributed by atoms with Crippen LogP contribution in [-0.4, -0.2) is 17.2 Å². The summed E-state index contributed by atoms with van der Waals surface area (Å²) in [5.74, 6) is 0. The van der Waals surface area contributed by atoms with Gasteiger partial charge in [-0.1, -0.05) is 43.5 Å². The number of aromatic nitrogens is 1. The van der Waals surface area contributed by atoms with E-state index in [1.807, 2.05) is 24.4 Å². The molecule has 24 heavy (non-hydrogen) atoms. The molecule has 0 saturated carbocycles. The number of benzene rings is 1. The first-order chi connectivity index (χ1) is 11.8. The van der Waals surface area contributed by atoms with Crippen LogP contribution in [0, 0.1) is 0 Å². The van der Waals surface area contributed by atoms with Crippen LogP contribution in [0.1, 0.15) is 16.8 Å². The van der Waals surface area contributed by atoms with E-state index in [9.17, 15) is 0 Å². The maximum atomic E-state index is 4.30. The zero-order valence-corrected chi connectivity index (χ0v) is 13.9. The monoisotopic (exact) mass is 320 g/mol. The minimum absolute atomic E-state index is 0.683. The van der Waals surface area contributed by atoms with E-state index in [-0.39, 0.29) is 0 Å². The van der Waals surface area contributed by atoms with Gasteiger partial charge in [-0.25, -0.2) is 0 Å². The number of hydrogen-bond donors (Lipinski definition) is 2. The quantitative estimate of drug-likeness (QED) is 0.661. The van der Waals surface area contributed by atoms with Crippen LogP contribution in [0.25, 0.3) is 0 Å². The normalized spacial score (nSPS) is 11.2. The van der Waals surface area contributed by atoms with Crippen molar-refractivity contribution >= 4 is 5.71 Å². The Labute approximate surface area is 144 Å². The van der Waals surface area contributed by atoms with E-state index in [0.29, 0.717) is 6.54 Å². The Balaban J connectivity index is 1.73. The fourth-order valence-electron chi connectivity index (χ4n) is 2.24. The number of rotatable bonds is 10. The molecule has 2 rings (SSSR count). The summed E-state index contributed by atoms with van der Waals surface area (Å²) in [4.78, 5) is 8.43. The van der Waals surface area contributed by atoms with E-state index in [0.717, 1.165) is 31.0 Å². The highest BCUT2D eigenvalue weighted by atomic mass is 14.9. The number of nitrogens with zero attached hydrogens (tertiary/aromatic N) is 2. The molecular weight excluding hydrogens is 296 g/mol. The van der Waals surface area contributed by atoms with Crippen LogP contribution in [0.3, 0.4) is 0 Å². The third-order valence-corrected chi connectivity index (χ3v) is 3.51. The molecule has 0 spiro atoms. The van der Waals surface area contributed by atoms with E-state index in [4.69, 9.17) is 0 Å². The van der Waals surface area contributed by atoms with Gasteiger partial charge in [-0.3, -0.25) is 9.98 Å². The molecule has 0 atom stereocenters. The highest BCUT2D eigenvalue weighted by Crippen LogP contribution is 2.04. The van der Waals surface area contributed by atoms with Gasteiger partial charge in [-0.15, -0.1) is 0 Å². The van der Waals surface area contributed by atoms with Gasteiger partial charge in [0.2, 0.25) is 0 Å². The molecule has 0 saturated heterocycles. The summed E-state index contributed by atoms with van der Waals surface area (Å²) in [6.45, 7) is 10.4. The number of aliphatic imine (C=N–C) groups is 1. The molecule has 1 heterocycles. The molecule has 2 aromatic rings. The maximum absolute atomic E-state index is 4.30. The van der Waals surface area contributed by atoms with Gasteiger partial charge in [-0.2, -0.15) is 0 Å². The average Bonchev–Trinajstić information content (AvgIpc) is 2.63. The van der Waals surface area contributed by atoms with Gasteiger partial charge in [0.25, 0.3) is 0 Å².